The van der Waals surface area contributed by atoms with Gasteiger partial charge in [-0.05, 0) is 59.3 Å². The first-order valence-electron chi connectivity index (χ1n) is 10.9. The molecular weight excluding hydrogens is 386 g/mol. The topological polar surface area (TPSA) is 3.24 Å². The van der Waals surface area contributed by atoms with E-state index >= 15 is 0 Å². The standard InChI is InChI=1S/C31H25N/c1-3-24-13-19-28(20-14-24)32(31-10-6-8-27-7-4-5-9-30(27)31)29-21-17-26(18-22-29)25-15-11-23(2)12-16-25/h3-22H,1H2,2H3. The molecule has 0 saturated heterocycles. The van der Waals surface area contributed by atoms with Gasteiger partial charge >= 0.3 is 0 Å². The van der Waals surface area contributed by atoms with Crippen LogP contribution in [0.25, 0.3) is 28.0 Å². The summed E-state index contributed by atoms with van der Waals surface area (Å²) in [5.41, 5.74) is 8.25. The Balaban J connectivity index is 1.64. The summed E-state index contributed by atoms with van der Waals surface area (Å²) >= 11 is 0. The van der Waals surface area contributed by atoms with Crippen LogP contribution < -0.4 is 4.90 Å². The number of aryl methyl sites for hydroxylation is 1. The van der Waals surface area contributed by atoms with Crippen LogP contribution in [0.3, 0.4) is 0 Å². The summed E-state index contributed by atoms with van der Waals surface area (Å²) in [6.07, 6.45) is 1.88. The number of hydrogen-bond donors (Lipinski definition) is 0. The van der Waals surface area contributed by atoms with Crippen molar-refractivity contribution >= 4 is 33.9 Å². The molecule has 0 unspecified atom stereocenters. The van der Waals surface area contributed by atoms with Gasteiger partial charge < -0.3 is 4.90 Å². The van der Waals surface area contributed by atoms with Gasteiger partial charge in [0.2, 0.25) is 0 Å². The number of fused-ring (bicyclic) bond motifs is 1. The van der Waals surface area contributed by atoms with Crippen LogP contribution in [0.4, 0.5) is 17.1 Å². The molecule has 0 fully saturated rings. The van der Waals surface area contributed by atoms with Gasteiger partial charge in [0.25, 0.3) is 0 Å². The highest BCUT2D eigenvalue weighted by Crippen LogP contribution is 2.39. The molecule has 154 valence electrons. The predicted octanol–water partition coefficient (Wildman–Crippen LogP) is 8.93. The van der Waals surface area contributed by atoms with E-state index < -0.39 is 0 Å². The van der Waals surface area contributed by atoms with E-state index in [1.807, 2.05) is 6.08 Å². The summed E-state index contributed by atoms with van der Waals surface area (Å²) in [4.78, 5) is 2.33. The molecule has 1 nitrogen and oxygen atoms in total. The van der Waals surface area contributed by atoms with E-state index in [-0.39, 0.29) is 0 Å². The lowest BCUT2D eigenvalue weighted by atomic mass is 10.0. The van der Waals surface area contributed by atoms with Gasteiger partial charge in [-0.1, -0.05) is 103 Å². The first kappa shape index (κ1) is 19.8. The van der Waals surface area contributed by atoms with Gasteiger partial charge in [0, 0.05) is 16.8 Å². The van der Waals surface area contributed by atoms with Gasteiger partial charge in [-0.15, -0.1) is 0 Å². The Morgan fingerprint density at radius 1 is 0.594 bits per heavy atom. The first-order valence-corrected chi connectivity index (χ1v) is 10.9. The monoisotopic (exact) mass is 411 g/mol. The molecule has 0 aliphatic rings. The highest BCUT2D eigenvalue weighted by molar-refractivity contribution is 5.99. The zero-order valence-electron chi connectivity index (χ0n) is 18.2. The molecule has 0 saturated carbocycles. The third-order valence-electron chi connectivity index (χ3n) is 5.90. The maximum Gasteiger partial charge on any atom is 0.0540 e. The summed E-state index contributed by atoms with van der Waals surface area (Å²) in [6, 6.07) is 41.1. The minimum Gasteiger partial charge on any atom is -0.310 e. The lowest BCUT2D eigenvalue weighted by Crippen LogP contribution is -2.10. The Hall–Kier alpha value is -4.10. The van der Waals surface area contributed by atoms with Crippen molar-refractivity contribution < 1.29 is 0 Å². The lowest BCUT2D eigenvalue weighted by Gasteiger charge is -2.27. The van der Waals surface area contributed by atoms with Crippen molar-refractivity contribution in [2.45, 2.75) is 6.92 Å². The van der Waals surface area contributed by atoms with E-state index in [0.717, 1.165) is 22.6 Å². The third-order valence-corrected chi connectivity index (χ3v) is 5.90. The molecule has 5 rings (SSSR count). The number of nitrogens with zero attached hydrogens (tertiary/aromatic N) is 1. The van der Waals surface area contributed by atoms with E-state index in [9.17, 15) is 0 Å². The second-order valence-corrected chi connectivity index (χ2v) is 8.04. The number of anilines is 3. The maximum atomic E-state index is 3.89. The summed E-state index contributed by atoms with van der Waals surface area (Å²) in [5.74, 6) is 0. The van der Waals surface area contributed by atoms with Crippen molar-refractivity contribution in [2.24, 2.45) is 0 Å². The average molecular weight is 412 g/mol. The van der Waals surface area contributed by atoms with Crippen LogP contribution in [0.2, 0.25) is 0 Å². The second-order valence-electron chi connectivity index (χ2n) is 8.04. The van der Waals surface area contributed by atoms with Crippen molar-refractivity contribution in [2.75, 3.05) is 4.90 Å². The van der Waals surface area contributed by atoms with Crippen molar-refractivity contribution in [1.82, 2.24) is 0 Å². The molecule has 32 heavy (non-hydrogen) atoms. The average Bonchev–Trinajstić information content (AvgIpc) is 2.86. The molecule has 0 heterocycles. The minimum absolute atomic E-state index is 1.11. The predicted molar refractivity (Wildman–Crippen MR) is 139 cm³/mol. The minimum atomic E-state index is 1.11. The van der Waals surface area contributed by atoms with E-state index in [0.29, 0.717) is 0 Å². The van der Waals surface area contributed by atoms with Gasteiger partial charge in [0.15, 0.2) is 0 Å². The van der Waals surface area contributed by atoms with E-state index in [1.165, 1.54) is 27.5 Å². The van der Waals surface area contributed by atoms with E-state index in [4.69, 9.17) is 0 Å². The van der Waals surface area contributed by atoms with Crippen molar-refractivity contribution in [3.8, 4) is 11.1 Å². The van der Waals surface area contributed by atoms with Crippen molar-refractivity contribution in [1.29, 1.82) is 0 Å². The summed E-state index contributed by atoms with van der Waals surface area (Å²) in [6.45, 7) is 6.01. The molecule has 0 bridgehead atoms. The van der Waals surface area contributed by atoms with Crippen LogP contribution in [0.1, 0.15) is 11.1 Å². The smallest absolute Gasteiger partial charge is 0.0540 e. The van der Waals surface area contributed by atoms with Crippen LogP contribution in [0.5, 0.6) is 0 Å². The fourth-order valence-corrected chi connectivity index (χ4v) is 4.14. The van der Waals surface area contributed by atoms with Crippen molar-refractivity contribution in [3.05, 3.63) is 133 Å². The quantitative estimate of drug-likeness (QED) is 0.279. The summed E-state index contributed by atoms with van der Waals surface area (Å²) in [7, 11) is 0. The van der Waals surface area contributed by atoms with Crippen LogP contribution in [-0.2, 0) is 0 Å². The Morgan fingerprint density at radius 3 is 1.81 bits per heavy atom. The Kier molecular flexibility index (Phi) is 5.31. The van der Waals surface area contributed by atoms with Crippen LogP contribution in [0.15, 0.2) is 122 Å². The molecule has 0 aliphatic carbocycles. The molecule has 0 amide bonds. The van der Waals surface area contributed by atoms with E-state index in [1.54, 1.807) is 0 Å². The molecule has 0 spiro atoms. The maximum absolute atomic E-state index is 3.89. The second kappa shape index (κ2) is 8.56. The van der Waals surface area contributed by atoms with Gasteiger partial charge in [0.1, 0.15) is 0 Å². The van der Waals surface area contributed by atoms with Crippen LogP contribution in [0, 0.1) is 6.92 Å². The number of benzene rings is 5. The van der Waals surface area contributed by atoms with Crippen LogP contribution in [-0.4, -0.2) is 0 Å². The van der Waals surface area contributed by atoms with Gasteiger partial charge in [-0.2, -0.15) is 0 Å². The van der Waals surface area contributed by atoms with Gasteiger partial charge in [-0.25, -0.2) is 0 Å². The fourth-order valence-electron chi connectivity index (χ4n) is 4.14. The van der Waals surface area contributed by atoms with Gasteiger partial charge in [-0.3, -0.25) is 0 Å². The molecule has 1 heteroatoms. The van der Waals surface area contributed by atoms with Crippen molar-refractivity contribution in [3.63, 3.8) is 0 Å². The molecule has 0 aliphatic heterocycles. The fraction of sp³-hybridized carbons (Fsp3) is 0.0323. The number of hydrogen-bond acceptors (Lipinski definition) is 1. The SMILES string of the molecule is C=Cc1ccc(N(c2ccc(-c3ccc(C)cc3)cc2)c2cccc3ccccc23)cc1. The first-order chi connectivity index (χ1) is 15.7. The molecular formula is C31H25N. The lowest BCUT2D eigenvalue weighted by molar-refractivity contribution is 1.30. The molecule has 5 aromatic rings. The normalized spacial score (nSPS) is 10.8. The highest BCUT2D eigenvalue weighted by atomic mass is 15.1. The van der Waals surface area contributed by atoms with Crippen LogP contribution >= 0.6 is 0 Å². The molecule has 0 atom stereocenters. The molecule has 0 radical (unpaired) electrons. The molecule has 0 N–H and O–H groups in total. The Labute approximate surface area is 189 Å². The Bertz CT molecular complexity index is 1360. The summed E-state index contributed by atoms with van der Waals surface area (Å²) in [5, 5.41) is 2.46. The molecule has 5 aromatic carbocycles. The highest BCUT2D eigenvalue weighted by Gasteiger charge is 2.15. The summed E-state index contributed by atoms with van der Waals surface area (Å²) < 4.78 is 0. The zero-order chi connectivity index (χ0) is 21.9. The molecule has 0 aromatic heterocycles. The van der Waals surface area contributed by atoms with E-state index in [2.05, 4.69) is 134 Å². The zero-order valence-corrected chi connectivity index (χ0v) is 18.2. The largest absolute Gasteiger partial charge is 0.310 e. The third kappa shape index (κ3) is 3.81. The Morgan fingerprint density at radius 2 is 1.16 bits per heavy atom. The number of rotatable bonds is 5. The van der Waals surface area contributed by atoms with Gasteiger partial charge in [0.05, 0.1) is 5.69 Å².